The highest BCUT2D eigenvalue weighted by Crippen LogP contribution is 1.99. The smallest absolute Gasteiger partial charge is 0.307 e. The SMILES string of the molecule is COCOC(=O)CCCC(=O)OCOC. The zero-order valence-corrected chi connectivity index (χ0v) is 8.99. The molecule has 0 rings (SSSR count). The number of methoxy groups -OCH3 is 2. The van der Waals surface area contributed by atoms with Crippen molar-refractivity contribution in [2.24, 2.45) is 0 Å². The molecule has 0 fully saturated rings. The highest BCUT2D eigenvalue weighted by molar-refractivity contribution is 5.72. The van der Waals surface area contributed by atoms with Crippen LogP contribution in [0, 0.1) is 0 Å². The zero-order valence-electron chi connectivity index (χ0n) is 8.99. The van der Waals surface area contributed by atoms with Crippen molar-refractivity contribution in [3.8, 4) is 0 Å². The van der Waals surface area contributed by atoms with Crippen LogP contribution in [-0.4, -0.2) is 39.7 Å². The topological polar surface area (TPSA) is 71.1 Å². The Morgan fingerprint density at radius 1 is 0.867 bits per heavy atom. The molecular weight excluding hydrogens is 204 g/mol. The Morgan fingerprint density at radius 3 is 1.60 bits per heavy atom. The lowest BCUT2D eigenvalue weighted by atomic mass is 10.2. The van der Waals surface area contributed by atoms with Gasteiger partial charge in [-0.15, -0.1) is 0 Å². The average Bonchev–Trinajstić information content (AvgIpc) is 2.23. The van der Waals surface area contributed by atoms with Crippen LogP contribution in [0.25, 0.3) is 0 Å². The Labute approximate surface area is 88.4 Å². The predicted molar refractivity (Wildman–Crippen MR) is 49.8 cm³/mol. The highest BCUT2D eigenvalue weighted by Gasteiger charge is 2.06. The van der Waals surface area contributed by atoms with Gasteiger partial charge in [0.25, 0.3) is 0 Å². The van der Waals surface area contributed by atoms with E-state index in [2.05, 4.69) is 18.9 Å². The fraction of sp³-hybridized carbons (Fsp3) is 0.778. The van der Waals surface area contributed by atoms with E-state index in [9.17, 15) is 9.59 Å². The van der Waals surface area contributed by atoms with Gasteiger partial charge in [0, 0.05) is 27.1 Å². The number of ether oxygens (including phenoxy) is 4. The van der Waals surface area contributed by atoms with Gasteiger partial charge in [-0.3, -0.25) is 9.59 Å². The van der Waals surface area contributed by atoms with E-state index < -0.39 is 11.9 Å². The molecule has 0 saturated carbocycles. The molecule has 0 bridgehead atoms. The van der Waals surface area contributed by atoms with Crippen molar-refractivity contribution in [2.75, 3.05) is 27.8 Å². The molecule has 0 aromatic rings. The predicted octanol–water partition coefficient (Wildman–Crippen LogP) is 0.451. The van der Waals surface area contributed by atoms with Crippen molar-refractivity contribution in [3.63, 3.8) is 0 Å². The van der Waals surface area contributed by atoms with Crippen LogP contribution in [0.15, 0.2) is 0 Å². The Hall–Kier alpha value is -1.14. The van der Waals surface area contributed by atoms with Gasteiger partial charge in [-0.05, 0) is 6.42 Å². The maximum Gasteiger partial charge on any atom is 0.307 e. The standard InChI is InChI=1S/C9H16O6/c1-12-6-14-8(10)4-3-5-9(11)15-7-13-2/h3-7H2,1-2H3. The monoisotopic (exact) mass is 220 g/mol. The summed E-state index contributed by atoms with van der Waals surface area (Å²) in [5.41, 5.74) is 0. The van der Waals surface area contributed by atoms with Gasteiger partial charge in [0.15, 0.2) is 13.6 Å². The molecule has 0 radical (unpaired) electrons. The first-order valence-corrected chi connectivity index (χ1v) is 4.49. The summed E-state index contributed by atoms with van der Waals surface area (Å²) in [6.45, 7) is -0.125. The normalized spacial score (nSPS) is 9.73. The van der Waals surface area contributed by atoms with Crippen LogP contribution >= 0.6 is 0 Å². The molecule has 0 unspecified atom stereocenters. The summed E-state index contributed by atoms with van der Waals surface area (Å²) < 4.78 is 18.3. The van der Waals surface area contributed by atoms with Crippen molar-refractivity contribution in [2.45, 2.75) is 19.3 Å². The molecule has 6 heteroatoms. The third kappa shape index (κ3) is 9.17. The first-order chi connectivity index (χ1) is 7.20. The second kappa shape index (κ2) is 9.42. The molecule has 0 N–H and O–H groups in total. The summed E-state index contributed by atoms with van der Waals surface area (Å²) in [7, 11) is 2.85. The summed E-state index contributed by atoms with van der Waals surface area (Å²) in [6, 6.07) is 0. The molecule has 0 amide bonds. The first kappa shape index (κ1) is 13.9. The summed E-state index contributed by atoms with van der Waals surface area (Å²) in [6.07, 6.45) is 0.738. The number of rotatable bonds is 8. The van der Waals surface area contributed by atoms with Gasteiger partial charge in [-0.1, -0.05) is 0 Å². The molecule has 6 nitrogen and oxygen atoms in total. The van der Waals surface area contributed by atoms with E-state index in [0.717, 1.165) is 0 Å². The van der Waals surface area contributed by atoms with Gasteiger partial charge in [-0.2, -0.15) is 0 Å². The van der Waals surface area contributed by atoms with Gasteiger partial charge >= 0.3 is 11.9 Å². The molecule has 0 spiro atoms. The zero-order chi connectivity index (χ0) is 11.5. The molecule has 0 aliphatic rings. The van der Waals surface area contributed by atoms with Gasteiger partial charge in [0.05, 0.1) is 0 Å². The van der Waals surface area contributed by atoms with Crippen LogP contribution in [0.4, 0.5) is 0 Å². The third-order valence-corrected chi connectivity index (χ3v) is 1.44. The Morgan fingerprint density at radius 2 is 1.27 bits per heavy atom. The van der Waals surface area contributed by atoms with Crippen molar-refractivity contribution >= 4 is 11.9 Å². The molecule has 15 heavy (non-hydrogen) atoms. The largest absolute Gasteiger partial charge is 0.438 e. The van der Waals surface area contributed by atoms with Crippen molar-refractivity contribution in [1.82, 2.24) is 0 Å². The lowest BCUT2D eigenvalue weighted by Crippen LogP contribution is -2.10. The van der Waals surface area contributed by atoms with E-state index in [4.69, 9.17) is 0 Å². The van der Waals surface area contributed by atoms with Crippen LogP contribution in [0.1, 0.15) is 19.3 Å². The molecular formula is C9H16O6. The summed E-state index contributed by atoms with van der Waals surface area (Å²) in [4.78, 5) is 21.8. The number of hydrogen-bond acceptors (Lipinski definition) is 6. The van der Waals surface area contributed by atoms with E-state index >= 15 is 0 Å². The van der Waals surface area contributed by atoms with Gasteiger partial charge in [0.2, 0.25) is 0 Å². The summed E-state index contributed by atoms with van der Waals surface area (Å²) in [5, 5.41) is 0. The van der Waals surface area contributed by atoms with Crippen LogP contribution in [0.5, 0.6) is 0 Å². The second-order valence-corrected chi connectivity index (χ2v) is 2.70. The van der Waals surface area contributed by atoms with Crippen LogP contribution in [0.2, 0.25) is 0 Å². The van der Waals surface area contributed by atoms with E-state index in [0.29, 0.717) is 6.42 Å². The van der Waals surface area contributed by atoms with E-state index in [1.165, 1.54) is 14.2 Å². The van der Waals surface area contributed by atoms with E-state index in [1.807, 2.05) is 0 Å². The molecule has 0 aliphatic carbocycles. The van der Waals surface area contributed by atoms with Crippen molar-refractivity contribution < 1.29 is 28.5 Å². The van der Waals surface area contributed by atoms with Crippen LogP contribution < -0.4 is 0 Å². The molecule has 0 aromatic carbocycles. The molecule has 0 aliphatic heterocycles. The number of esters is 2. The summed E-state index contributed by atoms with van der Waals surface area (Å²) in [5.74, 6) is -0.784. The molecule has 88 valence electrons. The quantitative estimate of drug-likeness (QED) is 0.437. The average molecular weight is 220 g/mol. The third-order valence-electron chi connectivity index (χ3n) is 1.44. The van der Waals surface area contributed by atoms with Gasteiger partial charge < -0.3 is 18.9 Å². The fourth-order valence-electron chi connectivity index (χ4n) is 0.771. The van der Waals surface area contributed by atoms with E-state index in [-0.39, 0.29) is 26.4 Å². The maximum absolute atomic E-state index is 10.9. The maximum atomic E-state index is 10.9. The van der Waals surface area contributed by atoms with Crippen molar-refractivity contribution in [3.05, 3.63) is 0 Å². The Kier molecular flexibility index (Phi) is 8.70. The van der Waals surface area contributed by atoms with E-state index in [1.54, 1.807) is 0 Å². The minimum atomic E-state index is -0.392. The number of carbonyl (C=O) groups excluding carboxylic acids is 2. The van der Waals surface area contributed by atoms with Gasteiger partial charge in [-0.25, -0.2) is 0 Å². The lowest BCUT2D eigenvalue weighted by molar-refractivity contribution is -0.155. The minimum absolute atomic E-state index is 0.0625. The minimum Gasteiger partial charge on any atom is -0.438 e. The summed E-state index contributed by atoms with van der Waals surface area (Å²) >= 11 is 0. The number of hydrogen-bond donors (Lipinski definition) is 0. The van der Waals surface area contributed by atoms with Gasteiger partial charge in [0.1, 0.15) is 0 Å². The Bertz CT molecular complexity index is 171. The first-order valence-electron chi connectivity index (χ1n) is 4.49. The second-order valence-electron chi connectivity index (χ2n) is 2.70. The van der Waals surface area contributed by atoms with Crippen molar-refractivity contribution in [1.29, 1.82) is 0 Å². The van der Waals surface area contributed by atoms with Crippen LogP contribution in [-0.2, 0) is 28.5 Å². The highest BCUT2D eigenvalue weighted by atomic mass is 16.7. The fourth-order valence-corrected chi connectivity index (χ4v) is 0.771. The molecule has 0 saturated heterocycles. The van der Waals surface area contributed by atoms with Crippen LogP contribution in [0.3, 0.4) is 0 Å². The lowest BCUT2D eigenvalue weighted by Gasteiger charge is -2.03. The molecule has 0 heterocycles. The number of carbonyl (C=O) groups is 2. The Balaban J connectivity index is 3.36. The molecule has 0 aromatic heterocycles. The molecule has 0 atom stereocenters.